The first-order chi connectivity index (χ1) is 6.74. The Labute approximate surface area is 90.5 Å². The van der Waals surface area contributed by atoms with Gasteiger partial charge in [-0.3, -0.25) is 5.32 Å². The second-order valence-corrected chi connectivity index (χ2v) is 4.28. The minimum atomic E-state index is 0.270. The van der Waals surface area contributed by atoms with Crippen molar-refractivity contribution in [1.82, 2.24) is 5.32 Å². The van der Waals surface area contributed by atoms with Gasteiger partial charge in [-0.2, -0.15) is 0 Å². The summed E-state index contributed by atoms with van der Waals surface area (Å²) in [7, 11) is 0. The fourth-order valence-electron chi connectivity index (χ4n) is 1.29. The van der Waals surface area contributed by atoms with Crippen LogP contribution in [0.2, 0.25) is 0 Å². The molecule has 0 spiro atoms. The van der Waals surface area contributed by atoms with Gasteiger partial charge in [0.2, 0.25) is 0 Å². The Balaban J connectivity index is 2.45. The van der Waals surface area contributed by atoms with E-state index in [1.54, 1.807) is 11.3 Å². The quantitative estimate of drug-likeness (QED) is 0.751. The van der Waals surface area contributed by atoms with Gasteiger partial charge in [0.1, 0.15) is 0 Å². The Morgan fingerprint density at radius 3 is 2.86 bits per heavy atom. The smallest absolute Gasteiger partial charge is 0.0665 e. The van der Waals surface area contributed by atoms with Gasteiger partial charge in [-0.05, 0) is 25.3 Å². The number of hydrogen-bond donors (Lipinski definition) is 1. The fraction of sp³-hybridized carbons (Fsp3) is 0.500. The summed E-state index contributed by atoms with van der Waals surface area (Å²) >= 11 is 1.79. The molecular weight excluding hydrogens is 190 g/mol. The highest BCUT2D eigenvalue weighted by Gasteiger charge is 2.07. The van der Waals surface area contributed by atoms with Crippen LogP contribution < -0.4 is 5.32 Å². The van der Waals surface area contributed by atoms with Crippen LogP contribution >= 0.6 is 11.3 Å². The Morgan fingerprint density at radius 2 is 2.29 bits per heavy atom. The van der Waals surface area contributed by atoms with Crippen LogP contribution in [0.3, 0.4) is 0 Å². The van der Waals surface area contributed by atoms with Gasteiger partial charge in [0, 0.05) is 17.3 Å². The third-order valence-corrected chi connectivity index (χ3v) is 3.02. The average molecular weight is 207 g/mol. The van der Waals surface area contributed by atoms with Crippen LogP contribution in [0, 0.1) is 11.8 Å². The number of nitrogens with one attached hydrogen (secondary N) is 1. The molecule has 14 heavy (non-hydrogen) atoms. The van der Waals surface area contributed by atoms with Gasteiger partial charge in [0.25, 0.3) is 0 Å². The number of thiophene rings is 1. The van der Waals surface area contributed by atoms with E-state index in [4.69, 9.17) is 0 Å². The molecule has 0 aliphatic carbocycles. The SMILES string of the molecule is CCC#CC(C)N[C@@H](C)c1cccs1. The maximum atomic E-state index is 3.45. The summed E-state index contributed by atoms with van der Waals surface area (Å²) in [5.74, 6) is 6.26. The molecule has 1 aromatic rings. The van der Waals surface area contributed by atoms with Crippen LogP contribution in [0.5, 0.6) is 0 Å². The summed E-state index contributed by atoms with van der Waals surface area (Å²) in [6.07, 6.45) is 0.930. The van der Waals surface area contributed by atoms with Crippen molar-refractivity contribution in [3.8, 4) is 11.8 Å². The maximum Gasteiger partial charge on any atom is 0.0665 e. The summed E-state index contributed by atoms with van der Waals surface area (Å²) in [5, 5.41) is 5.56. The van der Waals surface area contributed by atoms with Crippen LogP contribution in [-0.2, 0) is 0 Å². The summed E-state index contributed by atoms with van der Waals surface area (Å²) in [5.41, 5.74) is 0. The van der Waals surface area contributed by atoms with Crippen molar-refractivity contribution in [3.63, 3.8) is 0 Å². The molecule has 1 unspecified atom stereocenters. The van der Waals surface area contributed by atoms with Crippen molar-refractivity contribution >= 4 is 11.3 Å². The monoisotopic (exact) mass is 207 g/mol. The van der Waals surface area contributed by atoms with Gasteiger partial charge in [-0.1, -0.05) is 18.9 Å². The molecule has 1 rings (SSSR count). The molecule has 0 aromatic carbocycles. The standard InChI is InChI=1S/C12H17NS/c1-4-5-7-10(2)13-11(3)12-8-6-9-14-12/h6,8-11,13H,4H2,1-3H3/t10?,11-/m0/s1. The van der Waals surface area contributed by atoms with Crippen molar-refractivity contribution in [2.75, 3.05) is 0 Å². The van der Waals surface area contributed by atoms with Crippen molar-refractivity contribution in [3.05, 3.63) is 22.4 Å². The molecule has 1 aromatic heterocycles. The molecule has 0 aliphatic rings. The Kier molecular flexibility index (Phi) is 4.72. The zero-order valence-corrected chi connectivity index (χ0v) is 9.82. The molecule has 0 saturated carbocycles. The predicted molar refractivity (Wildman–Crippen MR) is 63.4 cm³/mol. The van der Waals surface area contributed by atoms with Gasteiger partial charge in [0.15, 0.2) is 0 Å². The van der Waals surface area contributed by atoms with Gasteiger partial charge in [-0.25, -0.2) is 0 Å². The van der Waals surface area contributed by atoms with E-state index in [2.05, 4.69) is 55.4 Å². The molecule has 2 atom stereocenters. The van der Waals surface area contributed by atoms with Crippen molar-refractivity contribution in [2.24, 2.45) is 0 Å². The molecule has 0 radical (unpaired) electrons. The van der Waals surface area contributed by atoms with Gasteiger partial charge >= 0.3 is 0 Å². The first-order valence-corrected chi connectivity index (χ1v) is 5.89. The van der Waals surface area contributed by atoms with E-state index < -0.39 is 0 Å². The largest absolute Gasteiger partial charge is 0.296 e. The predicted octanol–water partition coefficient (Wildman–Crippen LogP) is 3.20. The highest BCUT2D eigenvalue weighted by Crippen LogP contribution is 2.18. The molecular formula is C12H17NS. The van der Waals surface area contributed by atoms with E-state index in [0.717, 1.165) is 6.42 Å². The van der Waals surface area contributed by atoms with Gasteiger partial charge < -0.3 is 0 Å². The Bertz CT molecular complexity index is 305. The average Bonchev–Trinajstić information content (AvgIpc) is 2.67. The van der Waals surface area contributed by atoms with Crippen molar-refractivity contribution < 1.29 is 0 Å². The summed E-state index contributed by atoms with van der Waals surface area (Å²) < 4.78 is 0. The van der Waals surface area contributed by atoms with E-state index in [0.29, 0.717) is 6.04 Å². The second-order valence-electron chi connectivity index (χ2n) is 3.30. The van der Waals surface area contributed by atoms with Crippen molar-refractivity contribution in [2.45, 2.75) is 39.3 Å². The molecule has 1 heterocycles. The summed E-state index contributed by atoms with van der Waals surface area (Å²) in [6.45, 7) is 6.35. The highest BCUT2D eigenvalue weighted by molar-refractivity contribution is 7.10. The first kappa shape index (κ1) is 11.3. The van der Waals surface area contributed by atoms with Crippen LogP contribution in [0.1, 0.15) is 38.1 Å². The van der Waals surface area contributed by atoms with E-state index in [1.807, 2.05) is 0 Å². The lowest BCUT2D eigenvalue weighted by molar-refractivity contribution is 0.553. The lowest BCUT2D eigenvalue weighted by atomic mass is 10.2. The van der Waals surface area contributed by atoms with Crippen LogP contribution in [0.4, 0.5) is 0 Å². The van der Waals surface area contributed by atoms with Gasteiger partial charge in [0.05, 0.1) is 6.04 Å². The lowest BCUT2D eigenvalue weighted by Crippen LogP contribution is -2.27. The molecule has 0 fully saturated rings. The van der Waals surface area contributed by atoms with E-state index in [1.165, 1.54) is 4.88 Å². The maximum absolute atomic E-state index is 3.45. The van der Waals surface area contributed by atoms with E-state index >= 15 is 0 Å². The summed E-state index contributed by atoms with van der Waals surface area (Å²) in [4.78, 5) is 1.37. The molecule has 0 saturated heterocycles. The zero-order chi connectivity index (χ0) is 10.4. The molecule has 2 heteroatoms. The van der Waals surface area contributed by atoms with E-state index in [9.17, 15) is 0 Å². The fourth-order valence-corrected chi connectivity index (χ4v) is 2.04. The molecule has 0 bridgehead atoms. The second kappa shape index (κ2) is 5.85. The van der Waals surface area contributed by atoms with Crippen LogP contribution in [0.15, 0.2) is 17.5 Å². The summed E-state index contributed by atoms with van der Waals surface area (Å²) in [6, 6.07) is 4.91. The topological polar surface area (TPSA) is 12.0 Å². The Morgan fingerprint density at radius 1 is 1.50 bits per heavy atom. The number of hydrogen-bond acceptors (Lipinski definition) is 2. The van der Waals surface area contributed by atoms with Gasteiger partial charge in [-0.15, -0.1) is 17.3 Å². The Hall–Kier alpha value is -0.780. The molecule has 0 amide bonds. The minimum absolute atomic E-state index is 0.270. The van der Waals surface area contributed by atoms with Crippen molar-refractivity contribution in [1.29, 1.82) is 0 Å². The zero-order valence-electron chi connectivity index (χ0n) is 9.00. The minimum Gasteiger partial charge on any atom is -0.296 e. The van der Waals surface area contributed by atoms with E-state index in [-0.39, 0.29) is 6.04 Å². The normalized spacial score (nSPS) is 14.2. The highest BCUT2D eigenvalue weighted by atomic mass is 32.1. The molecule has 0 aliphatic heterocycles. The number of rotatable bonds is 3. The third kappa shape index (κ3) is 3.53. The third-order valence-electron chi connectivity index (χ3n) is 1.97. The van der Waals surface area contributed by atoms with Crippen LogP contribution in [0.25, 0.3) is 0 Å². The first-order valence-electron chi connectivity index (χ1n) is 5.02. The molecule has 76 valence electrons. The lowest BCUT2D eigenvalue weighted by Gasteiger charge is -2.14. The van der Waals surface area contributed by atoms with Crippen LogP contribution in [-0.4, -0.2) is 6.04 Å². The molecule has 1 N–H and O–H groups in total. The molecule has 1 nitrogen and oxygen atoms in total.